The van der Waals surface area contributed by atoms with E-state index in [9.17, 15) is 5.11 Å². The van der Waals surface area contributed by atoms with E-state index in [4.69, 9.17) is 0 Å². The van der Waals surface area contributed by atoms with Crippen molar-refractivity contribution >= 4 is 11.3 Å². The maximum absolute atomic E-state index is 9.65. The van der Waals surface area contributed by atoms with Crippen molar-refractivity contribution in [3.05, 3.63) is 22.4 Å². The lowest BCUT2D eigenvalue weighted by atomic mass is 10.1. The fourth-order valence-electron chi connectivity index (χ4n) is 3.21. The minimum absolute atomic E-state index is 0.0781. The molecule has 2 fully saturated rings. The number of rotatable bonds is 4. The molecule has 0 aliphatic carbocycles. The second-order valence-corrected chi connectivity index (χ2v) is 6.83. The van der Waals surface area contributed by atoms with E-state index in [0.717, 1.165) is 58.7 Å². The van der Waals surface area contributed by atoms with Crippen molar-refractivity contribution < 1.29 is 5.11 Å². The zero-order valence-corrected chi connectivity index (χ0v) is 12.8. The minimum atomic E-state index is -0.0781. The number of piperidine rings is 1. The second kappa shape index (κ2) is 7.00. The third-order valence-electron chi connectivity index (χ3n) is 4.45. The summed E-state index contributed by atoms with van der Waals surface area (Å²) in [6.07, 6.45) is 1.78. The van der Waals surface area contributed by atoms with Crippen LogP contribution < -0.4 is 5.32 Å². The number of aliphatic hydroxyl groups is 1. The number of likely N-dealkylation sites (tertiary alicyclic amines) is 1. The number of aliphatic hydroxyl groups excluding tert-OH is 1. The first-order valence-corrected chi connectivity index (χ1v) is 8.59. The molecule has 0 bridgehead atoms. The molecule has 1 aromatic heterocycles. The number of nitrogens with one attached hydrogen (secondary N) is 1. The zero-order chi connectivity index (χ0) is 13.8. The standard InChI is InChI=1S/C15H25N3OS/c19-13-3-7-17(8-4-13)12-14(15-2-1-11-20-15)18-9-5-16-6-10-18/h1-2,11,13-14,16,19H,3-10,12H2. The molecule has 4 nitrogen and oxygen atoms in total. The largest absolute Gasteiger partial charge is 0.393 e. The maximum atomic E-state index is 9.65. The van der Waals surface area contributed by atoms with Crippen LogP contribution in [-0.4, -0.2) is 66.8 Å². The molecule has 0 radical (unpaired) electrons. The van der Waals surface area contributed by atoms with E-state index in [0.29, 0.717) is 6.04 Å². The zero-order valence-electron chi connectivity index (χ0n) is 12.0. The lowest BCUT2D eigenvalue weighted by Gasteiger charge is -2.39. The SMILES string of the molecule is OC1CCN(CC(c2cccs2)N2CCNCC2)CC1. The van der Waals surface area contributed by atoms with Gasteiger partial charge >= 0.3 is 0 Å². The molecule has 2 aliphatic heterocycles. The van der Waals surface area contributed by atoms with Gasteiger partial charge in [0, 0.05) is 50.7 Å². The van der Waals surface area contributed by atoms with E-state index in [1.807, 2.05) is 11.3 Å². The number of piperazine rings is 1. The van der Waals surface area contributed by atoms with Crippen molar-refractivity contribution in [1.29, 1.82) is 0 Å². The highest BCUT2D eigenvalue weighted by Crippen LogP contribution is 2.27. The summed E-state index contributed by atoms with van der Waals surface area (Å²) in [6.45, 7) is 7.65. The Morgan fingerprint density at radius 2 is 2.00 bits per heavy atom. The minimum Gasteiger partial charge on any atom is -0.393 e. The van der Waals surface area contributed by atoms with Crippen molar-refractivity contribution in [2.45, 2.75) is 25.0 Å². The first-order chi connectivity index (χ1) is 9.83. The Balaban J connectivity index is 1.65. The molecule has 2 N–H and O–H groups in total. The number of nitrogens with zero attached hydrogens (tertiary/aromatic N) is 2. The first-order valence-electron chi connectivity index (χ1n) is 7.71. The fourth-order valence-corrected chi connectivity index (χ4v) is 4.06. The predicted octanol–water partition coefficient (Wildman–Crippen LogP) is 1.15. The Kier molecular flexibility index (Phi) is 5.07. The monoisotopic (exact) mass is 295 g/mol. The van der Waals surface area contributed by atoms with Crippen molar-refractivity contribution in [1.82, 2.24) is 15.1 Å². The molecular weight excluding hydrogens is 270 g/mol. The Hall–Kier alpha value is -0.460. The molecule has 112 valence electrons. The molecular formula is C15H25N3OS. The lowest BCUT2D eigenvalue weighted by molar-refractivity contribution is 0.0596. The average Bonchev–Trinajstić information content (AvgIpc) is 3.01. The summed E-state index contributed by atoms with van der Waals surface area (Å²) >= 11 is 1.88. The van der Waals surface area contributed by atoms with Gasteiger partial charge in [0.1, 0.15) is 0 Å². The highest BCUT2D eigenvalue weighted by atomic mass is 32.1. The van der Waals surface area contributed by atoms with E-state index in [2.05, 4.69) is 32.6 Å². The van der Waals surface area contributed by atoms with Gasteiger partial charge in [-0.05, 0) is 24.3 Å². The summed E-state index contributed by atoms with van der Waals surface area (Å²) in [5.41, 5.74) is 0. The van der Waals surface area contributed by atoms with Crippen LogP contribution in [0.3, 0.4) is 0 Å². The van der Waals surface area contributed by atoms with Crippen molar-refractivity contribution in [2.24, 2.45) is 0 Å². The molecule has 20 heavy (non-hydrogen) atoms. The average molecular weight is 295 g/mol. The van der Waals surface area contributed by atoms with Gasteiger partial charge in [-0.25, -0.2) is 0 Å². The van der Waals surface area contributed by atoms with Gasteiger partial charge in [0.2, 0.25) is 0 Å². The molecule has 3 rings (SSSR count). The Morgan fingerprint density at radius 1 is 1.25 bits per heavy atom. The summed E-state index contributed by atoms with van der Waals surface area (Å²) in [4.78, 5) is 6.63. The fraction of sp³-hybridized carbons (Fsp3) is 0.733. The normalized spacial score (nSPS) is 24.9. The number of hydrogen-bond acceptors (Lipinski definition) is 5. The molecule has 2 saturated heterocycles. The van der Waals surface area contributed by atoms with Crippen LogP contribution in [0.4, 0.5) is 0 Å². The van der Waals surface area contributed by atoms with Crippen LogP contribution in [0, 0.1) is 0 Å². The third kappa shape index (κ3) is 3.59. The number of hydrogen-bond donors (Lipinski definition) is 2. The quantitative estimate of drug-likeness (QED) is 0.874. The molecule has 0 saturated carbocycles. The molecule has 0 amide bonds. The second-order valence-electron chi connectivity index (χ2n) is 5.85. The van der Waals surface area contributed by atoms with Crippen LogP contribution in [0.15, 0.2) is 17.5 Å². The Bertz CT molecular complexity index is 384. The van der Waals surface area contributed by atoms with Crippen molar-refractivity contribution in [3.8, 4) is 0 Å². The lowest BCUT2D eigenvalue weighted by Crippen LogP contribution is -2.49. The molecule has 1 unspecified atom stereocenters. The van der Waals surface area contributed by atoms with Gasteiger partial charge in [-0.1, -0.05) is 6.07 Å². The summed E-state index contributed by atoms with van der Waals surface area (Å²) in [5, 5.41) is 15.3. The van der Waals surface area contributed by atoms with Crippen molar-refractivity contribution in [2.75, 3.05) is 45.8 Å². The maximum Gasteiger partial charge on any atom is 0.0569 e. The molecule has 0 spiro atoms. The summed E-state index contributed by atoms with van der Waals surface area (Å²) in [5.74, 6) is 0. The van der Waals surface area contributed by atoms with Gasteiger partial charge in [-0.2, -0.15) is 0 Å². The third-order valence-corrected chi connectivity index (χ3v) is 5.43. The molecule has 0 aromatic carbocycles. The van der Waals surface area contributed by atoms with Crippen molar-refractivity contribution in [3.63, 3.8) is 0 Å². The van der Waals surface area contributed by atoms with Crippen LogP contribution in [-0.2, 0) is 0 Å². The summed E-state index contributed by atoms with van der Waals surface area (Å²) in [6, 6.07) is 4.96. The van der Waals surface area contributed by atoms with Crippen LogP contribution >= 0.6 is 11.3 Å². The van der Waals surface area contributed by atoms with E-state index in [-0.39, 0.29) is 6.10 Å². The topological polar surface area (TPSA) is 38.7 Å². The predicted molar refractivity (Wildman–Crippen MR) is 83.2 cm³/mol. The highest BCUT2D eigenvalue weighted by molar-refractivity contribution is 7.10. The van der Waals surface area contributed by atoms with Crippen LogP contribution in [0.2, 0.25) is 0 Å². The van der Waals surface area contributed by atoms with E-state index < -0.39 is 0 Å². The molecule has 2 aliphatic rings. The van der Waals surface area contributed by atoms with Gasteiger partial charge in [-0.15, -0.1) is 11.3 Å². The molecule has 1 aromatic rings. The number of thiophene rings is 1. The Labute approximate surface area is 125 Å². The van der Waals surface area contributed by atoms with Crippen LogP contribution in [0.25, 0.3) is 0 Å². The first kappa shape index (κ1) is 14.5. The smallest absolute Gasteiger partial charge is 0.0569 e. The van der Waals surface area contributed by atoms with E-state index in [1.165, 1.54) is 4.88 Å². The van der Waals surface area contributed by atoms with Gasteiger partial charge in [0.15, 0.2) is 0 Å². The van der Waals surface area contributed by atoms with Crippen LogP contribution in [0.1, 0.15) is 23.8 Å². The van der Waals surface area contributed by atoms with Crippen LogP contribution in [0.5, 0.6) is 0 Å². The summed E-state index contributed by atoms with van der Waals surface area (Å²) in [7, 11) is 0. The van der Waals surface area contributed by atoms with Gasteiger partial charge in [-0.3, -0.25) is 4.90 Å². The van der Waals surface area contributed by atoms with Gasteiger partial charge in [0.05, 0.1) is 12.1 Å². The highest BCUT2D eigenvalue weighted by Gasteiger charge is 2.27. The Morgan fingerprint density at radius 3 is 2.65 bits per heavy atom. The molecule has 3 heterocycles. The van der Waals surface area contributed by atoms with Gasteiger partial charge in [0.25, 0.3) is 0 Å². The molecule has 1 atom stereocenters. The molecule has 5 heteroatoms. The summed E-state index contributed by atoms with van der Waals surface area (Å²) < 4.78 is 0. The van der Waals surface area contributed by atoms with E-state index >= 15 is 0 Å². The van der Waals surface area contributed by atoms with E-state index in [1.54, 1.807) is 0 Å². The van der Waals surface area contributed by atoms with Gasteiger partial charge < -0.3 is 15.3 Å².